The summed E-state index contributed by atoms with van der Waals surface area (Å²) in [5, 5.41) is 0. The molecule has 7 heavy (non-hydrogen) atoms. The number of allylic oxidation sites excluding steroid dienone is 4. The predicted molar refractivity (Wildman–Crippen MR) is 26.2 cm³/mol. The summed E-state index contributed by atoms with van der Waals surface area (Å²) >= 11 is 0. The summed E-state index contributed by atoms with van der Waals surface area (Å²) in [6.07, 6.45) is 8.33. The van der Waals surface area contributed by atoms with Gasteiger partial charge < -0.3 is 0 Å². The van der Waals surface area contributed by atoms with Crippen molar-refractivity contribution < 1.29 is 32.7 Å². The van der Waals surface area contributed by atoms with Gasteiger partial charge in [-0.1, -0.05) is 6.92 Å². The van der Waals surface area contributed by atoms with Gasteiger partial charge in [0.25, 0.3) is 0 Å². The Morgan fingerprint density at radius 2 is 2.43 bits per heavy atom. The van der Waals surface area contributed by atoms with Gasteiger partial charge in [-0.2, -0.15) is 6.08 Å². The van der Waals surface area contributed by atoms with E-state index in [0.717, 1.165) is 6.42 Å². The van der Waals surface area contributed by atoms with Gasteiger partial charge in [0.15, 0.2) is 0 Å². The molecule has 0 spiro atoms. The Kier molecular flexibility index (Phi) is 3.87. The van der Waals surface area contributed by atoms with Gasteiger partial charge >= 0.3 is 0 Å². The maximum atomic E-state index is 3.12. The van der Waals surface area contributed by atoms with Crippen LogP contribution in [0.25, 0.3) is 0 Å². The fraction of sp³-hybridized carbons (Fsp3) is 0.333. The monoisotopic (exact) mass is 168 g/mol. The molecule has 35 valence electrons. The minimum Gasteiger partial charge on any atom is -0.270 e. The largest absolute Gasteiger partial charge is 0.270 e. The van der Waals surface area contributed by atoms with E-state index in [1.54, 1.807) is 0 Å². The molecule has 0 unspecified atom stereocenters. The molecule has 0 saturated carbocycles. The zero-order valence-electron chi connectivity index (χ0n) is 4.44. The zero-order chi connectivity index (χ0) is 4.41. The molecule has 1 aliphatic rings. The van der Waals surface area contributed by atoms with E-state index in [1.807, 2.05) is 0 Å². The van der Waals surface area contributed by atoms with Crippen molar-refractivity contribution >= 4 is 0 Å². The minimum atomic E-state index is 0. The molecule has 0 atom stereocenters. The maximum absolute atomic E-state index is 3.12. The van der Waals surface area contributed by atoms with Gasteiger partial charge in [0.1, 0.15) is 0 Å². The smallest absolute Gasteiger partial charge is 0 e. The first-order valence-electron chi connectivity index (χ1n) is 2.13. The van der Waals surface area contributed by atoms with Crippen LogP contribution in [0.5, 0.6) is 0 Å². The molecule has 0 bridgehead atoms. The third-order valence-electron chi connectivity index (χ3n) is 0.867. The Bertz CT molecular complexity index is 98.0. The average molecular weight is 168 g/mol. The zero-order valence-corrected chi connectivity index (χ0v) is 7.28. The molecule has 0 N–H and O–H groups in total. The van der Waals surface area contributed by atoms with Crippen molar-refractivity contribution in [3.05, 3.63) is 23.8 Å². The molecule has 1 rings (SSSR count). The van der Waals surface area contributed by atoms with Crippen LogP contribution in [0.3, 0.4) is 0 Å². The summed E-state index contributed by atoms with van der Waals surface area (Å²) < 4.78 is 0. The van der Waals surface area contributed by atoms with Crippen LogP contribution in [-0.2, 0) is 32.7 Å². The molecule has 1 heteroatoms. The van der Waals surface area contributed by atoms with Crippen LogP contribution < -0.4 is 0 Å². The number of hydrogen-bond acceptors (Lipinski definition) is 0. The van der Waals surface area contributed by atoms with Crippen LogP contribution in [0.2, 0.25) is 0 Å². The molecule has 0 aromatic heterocycles. The van der Waals surface area contributed by atoms with Crippen molar-refractivity contribution in [3.8, 4) is 0 Å². The Labute approximate surface area is 69.6 Å². The molecule has 0 aromatic rings. The third-order valence-corrected chi connectivity index (χ3v) is 0.867. The standard InChI is InChI=1S/C6H7.Y/c1-6-4-2-3-5-6;/h2,4H,3H2,1H3;/q-1;. The van der Waals surface area contributed by atoms with E-state index in [4.69, 9.17) is 0 Å². The Morgan fingerprint density at radius 1 is 1.71 bits per heavy atom. The van der Waals surface area contributed by atoms with Crippen LogP contribution in [0.1, 0.15) is 13.3 Å². The van der Waals surface area contributed by atoms with E-state index in [-0.39, 0.29) is 32.7 Å². The van der Waals surface area contributed by atoms with Crippen molar-refractivity contribution in [2.45, 2.75) is 13.3 Å². The minimum absolute atomic E-state index is 0. The van der Waals surface area contributed by atoms with Crippen molar-refractivity contribution in [2.75, 3.05) is 0 Å². The van der Waals surface area contributed by atoms with E-state index >= 15 is 0 Å². The van der Waals surface area contributed by atoms with Gasteiger partial charge in [0, 0.05) is 32.7 Å². The van der Waals surface area contributed by atoms with Crippen LogP contribution in [0, 0.1) is 6.08 Å². The molecule has 0 aromatic carbocycles. The van der Waals surface area contributed by atoms with Gasteiger partial charge in [0.2, 0.25) is 0 Å². The first kappa shape index (κ1) is 7.58. The fourth-order valence-corrected chi connectivity index (χ4v) is 0.515. The van der Waals surface area contributed by atoms with E-state index in [9.17, 15) is 0 Å². The Balaban J connectivity index is 0.000000360. The average Bonchev–Trinajstić information content (AvgIpc) is 1.86. The molecule has 0 aliphatic heterocycles. The van der Waals surface area contributed by atoms with Gasteiger partial charge in [-0.3, -0.25) is 6.08 Å². The van der Waals surface area contributed by atoms with Crippen LogP contribution in [0.4, 0.5) is 0 Å². The van der Waals surface area contributed by atoms with Crippen molar-refractivity contribution in [1.29, 1.82) is 0 Å². The Hall–Kier alpha value is 0.584. The first-order valence-corrected chi connectivity index (χ1v) is 2.13. The van der Waals surface area contributed by atoms with E-state index in [0.29, 0.717) is 0 Å². The van der Waals surface area contributed by atoms with Gasteiger partial charge in [0.05, 0.1) is 0 Å². The first-order chi connectivity index (χ1) is 2.89. The summed E-state index contributed by atoms with van der Waals surface area (Å²) in [4.78, 5) is 0. The van der Waals surface area contributed by atoms with E-state index in [1.165, 1.54) is 5.57 Å². The normalized spacial score (nSPS) is 15.9. The predicted octanol–water partition coefficient (Wildman–Crippen LogP) is 1.69. The second kappa shape index (κ2) is 3.57. The molecular weight excluding hydrogens is 161 g/mol. The fourth-order valence-electron chi connectivity index (χ4n) is 0.515. The molecule has 1 radical (unpaired) electrons. The summed E-state index contributed by atoms with van der Waals surface area (Å²) in [5.41, 5.74) is 1.27. The van der Waals surface area contributed by atoms with Crippen molar-refractivity contribution in [2.24, 2.45) is 0 Å². The topological polar surface area (TPSA) is 0 Å². The summed E-state index contributed by atoms with van der Waals surface area (Å²) in [6.45, 7) is 2.06. The van der Waals surface area contributed by atoms with E-state index < -0.39 is 0 Å². The molecule has 1 aliphatic carbocycles. The molecule has 0 fully saturated rings. The quantitative estimate of drug-likeness (QED) is 0.483. The Morgan fingerprint density at radius 3 is 2.57 bits per heavy atom. The molecule has 0 heterocycles. The summed E-state index contributed by atoms with van der Waals surface area (Å²) in [6, 6.07) is 0. The molecule has 0 nitrogen and oxygen atoms in total. The van der Waals surface area contributed by atoms with Crippen LogP contribution >= 0.6 is 0 Å². The van der Waals surface area contributed by atoms with Gasteiger partial charge in [-0.25, -0.2) is 11.6 Å². The molecular formula is C6H7Y-. The van der Waals surface area contributed by atoms with Gasteiger partial charge in [-0.15, -0.1) is 6.42 Å². The summed E-state index contributed by atoms with van der Waals surface area (Å²) in [5.74, 6) is 0. The second-order valence-corrected chi connectivity index (χ2v) is 1.47. The SMILES string of the molecule is CC1=[C-]CC=C1.[Y]. The maximum Gasteiger partial charge on any atom is 0 e. The third kappa shape index (κ3) is 2.41. The van der Waals surface area contributed by atoms with Crippen molar-refractivity contribution in [3.63, 3.8) is 0 Å². The molecule has 0 saturated heterocycles. The van der Waals surface area contributed by atoms with Crippen LogP contribution in [-0.4, -0.2) is 0 Å². The number of hydrogen-bond donors (Lipinski definition) is 0. The van der Waals surface area contributed by atoms with Crippen LogP contribution in [0.15, 0.2) is 17.7 Å². The number of rotatable bonds is 0. The molecule has 0 amide bonds. The van der Waals surface area contributed by atoms with Crippen molar-refractivity contribution in [1.82, 2.24) is 0 Å². The van der Waals surface area contributed by atoms with E-state index in [2.05, 4.69) is 25.2 Å². The summed E-state index contributed by atoms with van der Waals surface area (Å²) in [7, 11) is 0. The second-order valence-electron chi connectivity index (χ2n) is 1.47. The van der Waals surface area contributed by atoms with Gasteiger partial charge in [-0.05, 0) is 0 Å².